The van der Waals surface area contributed by atoms with Gasteiger partial charge < -0.3 is 4.74 Å². The number of hydrogen-bond donors (Lipinski definition) is 0. The molecule has 0 aromatic heterocycles. The van der Waals surface area contributed by atoms with Gasteiger partial charge in [-0.25, -0.2) is 0 Å². The average Bonchev–Trinajstić information content (AvgIpc) is 2.48. The van der Waals surface area contributed by atoms with Crippen molar-refractivity contribution in [3.63, 3.8) is 0 Å². The molecule has 2 nitrogen and oxygen atoms in total. The number of carbonyl (C=O) groups excluding carboxylic acids is 1. The Bertz CT molecular complexity index is 226. The summed E-state index contributed by atoms with van der Waals surface area (Å²) in [6.07, 6.45) is 15.5. The van der Waals surface area contributed by atoms with Gasteiger partial charge in [0.2, 0.25) is 0 Å². The first-order valence-corrected chi connectivity index (χ1v) is 9.36. The standard InChI is InChI=1S/C19H38O2/c1-4-6-8-9-10-11-12-16-19(20)21-17-13-15-18(3)14-7-5-2/h18H,4-17H2,1-3H3. The zero-order valence-electron chi connectivity index (χ0n) is 14.8. The van der Waals surface area contributed by atoms with Crippen LogP contribution in [0.1, 0.15) is 104 Å². The van der Waals surface area contributed by atoms with E-state index in [1.54, 1.807) is 0 Å². The molecule has 0 saturated heterocycles. The molecular weight excluding hydrogens is 260 g/mol. The van der Waals surface area contributed by atoms with Gasteiger partial charge in [0.1, 0.15) is 0 Å². The van der Waals surface area contributed by atoms with Gasteiger partial charge in [0.25, 0.3) is 0 Å². The predicted molar refractivity (Wildman–Crippen MR) is 91.5 cm³/mol. The maximum Gasteiger partial charge on any atom is 0.305 e. The minimum absolute atomic E-state index is 0.00442. The van der Waals surface area contributed by atoms with Gasteiger partial charge in [-0.3, -0.25) is 4.79 Å². The number of rotatable bonds is 15. The second-order valence-corrected chi connectivity index (χ2v) is 6.48. The van der Waals surface area contributed by atoms with Crippen LogP contribution in [0, 0.1) is 5.92 Å². The summed E-state index contributed by atoms with van der Waals surface area (Å²) in [4.78, 5) is 11.6. The van der Waals surface area contributed by atoms with Crippen molar-refractivity contribution in [1.29, 1.82) is 0 Å². The van der Waals surface area contributed by atoms with E-state index in [1.165, 1.54) is 64.2 Å². The smallest absolute Gasteiger partial charge is 0.305 e. The highest BCUT2D eigenvalue weighted by Gasteiger charge is 2.04. The quantitative estimate of drug-likeness (QED) is 0.263. The van der Waals surface area contributed by atoms with Crippen molar-refractivity contribution in [3.05, 3.63) is 0 Å². The molecule has 0 aliphatic carbocycles. The van der Waals surface area contributed by atoms with Crippen LogP contribution in [0.5, 0.6) is 0 Å². The van der Waals surface area contributed by atoms with Crippen LogP contribution in [-0.4, -0.2) is 12.6 Å². The molecule has 0 aromatic carbocycles. The zero-order valence-corrected chi connectivity index (χ0v) is 14.8. The Balaban J connectivity index is 3.27. The number of esters is 1. The largest absolute Gasteiger partial charge is 0.466 e. The van der Waals surface area contributed by atoms with E-state index in [-0.39, 0.29) is 5.97 Å². The third kappa shape index (κ3) is 15.7. The Morgan fingerprint density at radius 3 is 2.05 bits per heavy atom. The summed E-state index contributed by atoms with van der Waals surface area (Å²) in [6.45, 7) is 7.39. The van der Waals surface area contributed by atoms with Gasteiger partial charge in [-0.1, -0.05) is 78.6 Å². The second-order valence-electron chi connectivity index (χ2n) is 6.48. The van der Waals surface area contributed by atoms with Crippen LogP contribution in [0.4, 0.5) is 0 Å². The minimum atomic E-state index is 0.00442. The molecular formula is C19H38O2. The lowest BCUT2D eigenvalue weighted by Gasteiger charge is -2.10. The molecule has 0 saturated carbocycles. The monoisotopic (exact) mass is 298 g/mol. The van der Waals surface area contributed by atoms with Gasteiger partial charge in [-0.2, -0.15) is 0 Å². The van der Waals surface area contributed by atoms with Gasteiger partial charge in [0, 0.05) is 6.42 Å². The van der Waals surface area contributed by atoms with Crippen molar-refractivity contribution in [1.82, 2.24) is 0 Å². The molecule has 0 fully saturated rings. The summed E-state index contributed by atoms with van der Waals surface area (Å²) in [6, 6.07) is 0. The fourth-order valence-corrected chi connectivity index (χ4v) is 2.61. The molecule has 0 aliphatic heterocycles. The number of carbonyl (C=O) groups is 1. The second kappa shape index (κ2) is 15.9. The Hall–Kier alpha value is -0.530. The van der Waals surface area contributed by atoms with Crippen molar-refractivity contribution >= 4 is 5.97 Å². The lowest BCUT2D eigenvalue weighted by molar-refractivity contribution is -0.143. The summed E-state index contributed by atoms with van der Waals surface area (Å²) in [7, 11) is 0. The Morgan fingerprint density at radius 2 is 1.38 bits per heavy atom. The van der Waals surface area contributed by atoms with Gasteiger partial charge in [0.05, 0.1) is 6.61 Å². The molecule has 0 radical (unpaired) electrons. The summed E-state index contributed by atoms with van der Waals surface area (Å²) in [5, 5.41) is 0. The Morgan fingerprint density at radius 1 is 0.810 bits per heavy atom. The minimum Gasteiger partial charge on any atom is -0.466 e. The van der Waals surface area contributed by atoms with Crippen molar-refractivity contribution in [3.8, 4) is 0 Å². The van der Waals surface area contributed by atoms with Crippen LogP contribution in [0.2, 0.25) is 0 Å². The molecule has 0 aliphatic rings. The molecule has 0 spiro atoms. The first-order valence-electron chi connectivity index (χ1n) is 9.36. The van der Waals surface area contributed by atoms with Gasteiger partial charge in [0.15, 0.2) is 0 Å². The summed E-state index contributed by atoms with van der Waals surface area (Å²) >= 11 is 0. The van der Waals surface area contributed by atoms with E-state index in [0.29, 0.717) is 13.0 Å². The molecule has 1 atom stereocenters. The van der Waals surface area contributed by atoms with E-state index in [4.69, 9.17) is 4.74 Å². The van der Waals surface area contributed by atoms with Crippen LogP contribution in [-0.2, 0) is 9.53 Å². The molecule has 0 N–H and O–H groups in total. The van der Waals surface area contributed by atoms with E-state index < -0.39 is 0 Å². The fraction of sp³-hybridized carbons (Fsp3) is 0.947. The van der Waals surface area contributed by atoms with Gasteiger partial charge in [-0.15, -0.1) is 0 Å². The normalized spacial score (nSPS) is 12.3. The molecule has 0 aromatic rings. The van der Waals surface area contributed by atoms with Crippen LogP contribution >= 0.6 is 0 Å². The Kier molecular flexibility index (Phi) is 15.5. The topological polar surface area (TPSA) is 26.3 Å². The summed E-state index contributed by atoms with van der Waals surface area (Å²) in [5.74, 6) is 0.775. The summed E-state index contributed by atoms with van der Waals surface area (Å²) < 4.78 is 5.30. The lowest BCUT2D eigenvalue weighted by atomic mass is 9.99. The third-order valence-corrected chi connectivity index (χ3v) is 4.14. The molecule has 21 heavy (non-hydrogen) atoms. The average molecular weight is 299 g/mol. The van der Waals surface area contributed by atoms with E-state index >= 15 is 0 Å². The third-order valence-electron chi connectivity index (χ3n) is 4.14. The number of unbranched alkanes of at least 4 members (excludes halogenated alkanes) is 7. The van der Waals surface area contributed by atoms with Crippen molar-refractivity contribution in [2.24, 2.45) is 5.92 Å². The molecule has 1 unspecified atom stereocenters. The highest BCUT2D eigenvalue weighted by Crippen LogP contribution is 2.14. The van der Waals surface area contributed by atoms with Crippen molar-refractivity contribution in [2.75, 3.05) is 6.61 Å². The SMILES string of the molecule is CCCCCCCCCC(=O)OCCCC(C)CCCC. The maximum atomic E-state index is 11.6. The molecule has 0 rings (SSSR count). The Labute approximate surface area is 133 Å². The first-order chi connectivity index (χ1) is 10.2. The molecule has 0 amide bonds. The number of ether oxygens (including phenoxy) is 1. The van der Waals surface area contributed by atoms with E-state index in [9.17, 15) is 4.79 Å². The van der Waals surface area contributed by atoms with Gasteiger partial charge >= 0.3 is 5.97 Å². The van der Waals surface area contributed by atoms with Crippen molar-refractivity contribution < 1.29 is 9.53 Å². The fourth-order valence-electron chi connectivity index (χ4n) is 2.61. The van der Waals surface area contributed by atoms with Crippen molar-refractivity contribution in [2.45, 2.75) is 104 Å². The molecule has 126 valence electrons. The zero-order chi connectivity index (χ0) is 15.8. The highest BCUT2D eigenvalue weighted by atomic mass is 16.5. The van der Waals surface area contributed by atoms with Crippen LogP contribution in [0.25, 0.3) is 0 Å². The van der Waals surface area contributed by atoms with E-state index in [0.717, 1.165) is 18.8 Å². The van der Waals surface area contributed by atoms with Crippen LogP contribution in [0.3, 0.4) is 0 Å². The summed E-state index contributed by atoms with van der Waals surface area (Å²) in [5.41, 5.74) is 0. The first kappa shape index (κ1) is 20.5. The maximum absolute atomic E-state index is 11.6. The van der Waals surface area contributed by atoms with Gasteiger partial charge in [-0.05, 0) is 25.2 Å². The lowest BCUT2D eigenvalue weighted by Crippen LogP contribution is -2.07. The molecule has 0 bridgehead atoms. The molecule has 2 heteroatoms. The highest BCUT2D eigenvalue weighted by molar-refractivity contribution is 5.69. The predicted octanol–water partition coefficient (Wildman–Crippen LogP) is 6.28. The molecule has 0 heterocycles. The van der Waals surface area contributed by atoms with E-state index in [2.05, 4.69) is 20.8 Å². The van der Waals surface area contributed by atoms with Crippen LogP contribution in [0.15, 0.2) is 0 Å². The number of hydrogen-bond acceptors (Lipinski definition) is 2. The van der Waals surface area contributed by atoms with Crippen LogP contribution < -0.4 is 0 Å². The van der Waals surface area contributed by atoms with E-state index in [1.807, 2.05) is 0 Å².